The number of furan rings is 1. The lowest BCUT2D eigenvalue weighted by Crippen LogP contribution is -2.28. The monoisotopic (exact) mass is 385 g/mol. The van der Waals surface area contributed by atoms with Crippen LogP contribution in [0.2, 0.25) is 5.02 Å². The normalized spacial score (nSPS) is 15.3. The first-order valence-corrected chi connectivity index (χ1v) is 9.22. The maximum absolute atomic E-state index is 12.9. The van der Waals surface area contributed by atoms with Crippen LogP contribution in [0.4, 0.5) is 5.13 Å². The molecule has 1 saturated carbocycles. The standard InChI is InChI=1S/C18H12ClN3O3S/c19-10-3-4-11-14(8-10)26-17(20-11)21-16(23)18(5-6-18)15-9-13(25-22-15)12-2-1-7-24-12/h1-4,7-9H,5-6H2,(H,20,21,23). The number of amides is 1. The molecule has 4 aromatic rings. The maximum Gasteiger partial charge on any atom is 0.238 e. The molecule has 1 aliphatic rings. The Kier molecular flexibility index (Phi) is 3.41. The first kappa shape index (κ1) is 15.6. The van der Waals surface area contributed by atoms with Crippen molar-refractivity contribution in [3.8, 4) is 11.5 Å². The van der Waals surface area contributed by atoms with Crippen LogP contribution >= 0.6 is 22.9 Å². The summed E-state index contributed by atoms with van der Waals surface area (Å²) in [6.07, 6.45) is 3.01. The zero-order valence-corrected chi connectivity index (χ0v) is 14.9. The van der Waals surface area contributed by atoms with Crippen molar-refractivity contribution in [1.82, 2.24) is 10.1 Å². The number of rotatable bonds is 4. The molecule has 0 radical (unpaired) electrons. The predicted molar refractivity (Wildman–Crippen MR) is 98.4 cm³/mol. The molecule has 8 heteroatoms. The van der Waals surface area contributed by atoms with E-state index in [4.69, 9.17) is 20.5 Å². The van der Waals surface area contributed by atoms with Gasteiger partial charge >= 0.3 is 0 Å². The van der Waals surface area contributed by atoms with Crippen LogP contribution in [0.1, 0.15) is 18.5 Å². The summed E-state index contributed by atoms with van der Waals surface area (Å²) >= 11 is 7.40. The summed E-state index contributed by atoms with van der Waals surface area (Å²) in [5, 5.41) is 8.20. The average Bonchev–Trinajstić information content (AvgIpc) is 3.02. The minimum atomic E-state index is -0.663. The van der Waals surface area contributed by atoms with Gasteiger partial charge in [0.1, 0.15) is 0 Å². The highest BCUT2D eigenvalue weighted by Crippen LogP contribution is 2.49. The molecular formula is C18H12ClN3O3S. The van der Waals surface area contributed by atoms with Crippen LogP contribution in [0.3, 0.4) is 0 Å². The number of carbonyl (C=O) groups is 1. The van der Waals surface area contributed by atoms with Crippen LogP contribution in [0.5, 0.6) is 0 Å². The van der Waals surface area contributed by atoms with Crippen LogP contribution in [0.15, 0.2) is 51.6 Å². The van der Waals surface area contributed by atoms with Gasteiger partial charge in [-0.3, -0.25) is 4.79 Å². The second-order valence-corrected chi connectivity index (χ2v) is 7.69. The van der Waals surface area contributed by atoms with Crippen LogP contribution in [0.25, 0.3) is 21.7 Å². The van der Waals surface area contributed by atoms with Crippen LogP contribution < -0.4 is 5.32 Å². The third-order valence-electron chi connectivity index (χ3n) is 4.52. The molecule has 1 fully saturated rings. The van der Waals surface area contributed by atoms with Crippen molar-refractivity contribution in [3.63, 3.8) is 0 Å². The highest BCUT2D eigenvalue weighted by atomic mass is 35.5. The smallest absolute Gasteiger partial charge is 0.238 e. The summed E-state index contributed by atoms with van der Waals surface area (Å²) in [6, 6.07) is 10.8. The Morgan fingerprint density at radius 3 is 2.88 bits per heavy atom. The number of thiazole rings is 1. The van der Waals surface area contributed by atoms with E-state index >= 15 is 0 Å². The number of aromatic nitrogens is 2. The van der Waals surface area contributed by atoms with E-state index in [2.05, 4.69) is 15.5 Å². The van der Waals surface area contributed by atoms with Crippen molar-refractivity contribution in [1.29, 1.82) is 0 Å². The molecule has 5 rings (SSSR count). The molecule has 0 spiro atoms. The first-order chi connectivity index (χ1) is 12.6. The van der Waals surface area contributed by atoms with E-state index in [0.29, 0.717) is 27.4 Å². The van der Waals surface area contributed by atoms with Gasteiger partial charge < -0.3 is 14.3 Å². The van der Waals surface area contributed by atoms with Gasteiger partial charge in [0.2, 0.25) is 11.7 Å². The molecule has 0 unspecified atom stereocenters. The number of carbonyl (C=O) groups excluding carboxylic acids is 1. The van der Waals surface area contributed by atoms with Crippen molar-refractivity contribution >= 4 is 44.2 Å². The minimum Gasteiger partial charge on any atom is -0.461 e. The van der Waals surface area contributed by atoms with Gasteiger partial charge in [-0.2, -0.15) is 0 Å². The number of hydrogen-bond acceptors (Lipinski definition) is 6. The molecule has 26 heavy (non-hydrogen) atoms. The van der Waals surface area contributed by atoms with E-state index in [1.54, 1.807) is 30.5 Å². The minimum absolute atomic E-state index is 0.123. The molecule has 1 amide bonds. The van der Waals surface area contributed by atoms with Crippen LogP contribution in [-0.2, 0) is 10.2 Å². The first-order valence-electron chi connectivity index (χ1n) is 8.03. The van der Waals surface area contributed by atoms with E-state index in [1.807, 2.05) is 12.1 Å². The average molecular weight is 386 g/mol. The SMILES string of the molecule is O=C(Nc1nc2ccc(Cl)cc2s1)C1(c2cc(-c3ccco3)on2)CC1. The third-order valence-corrected chi connectivity index (χ3v) is 5.69. The van der Waals surface area contributed by atoms with E-state index in [0.717, 1.165) is 23.1 Å². The number of benzene rings is 1. The van der Waals surface area contributed by atoms with Gasteiger partial charge in [0.05, 0.1) is 27.6 Å². The van der Waals surface area contributed by atoms with Gasteiger partial charge in [-0.05, 0) is 43.2 Å². The fourth-order valence-electron chi connectivity index (χ4n) is 2.93. The molecule has 0 atom stereocenters. The number of anilines is 1. The summed E-state index contributed by atoms with van der Waals surface area (Å²) in [6.45, 7) is 0. The lowest BCUT2D eigenvalue weighted by molar-refractivity contribution is -0.118. The topological polar surface area (TPSA) is 81.2 Å². The van der Waals surface area contributed by atoms with E-state index in [1.165, 1.54) is 11.3 Å². The Hall–Kier alpha value is -2.64. The molecule has 6 nitrogen and oxygen atoms in total. The molecule has 0 aliphatic heterocycles. The second kappa shape index (κ2) is 5.69. The quantitative estimate of drug-likeness (QED) is 0.542. The molecular weight excluding hydrogens is 374 g/mol. The van der Waals surface area contributed by atoms with E-state index in [-0.39, 0.29) is 5.91 Å². The molecule has 1 aliphatic carbocycles. The van der Waals surface area contributed by atoms with Crippen molar-refractivity contribution in [2.24, 2.45) is 0 Å². The van der Waals surface area contributed by atoms with Gasteiger partial charge in [-0.1, -0.05) is 28.1 Å². The summed E-state index contributed by atoms with van der Waals surface area (Å²) in [5.41, 5.74) is 0.760. The Balaban J connectivity index is 1.40. The number of fused-ring (bicyclic) bond motifs is 1. The maximum atomic E-state index is 12.9. The van der Waals surface area contributed by atoms with E-state index < -0.39 is 5.41 Å². The highest BCUT2D eigenvalue weighted by Gasteiger charge is 2.54. The molecule has 1 N–H and O–H groups in total. The van der Waals surface area contributed by atoms with Gasteiger partial charge in [0.15, 0.2) is 10.9 Å². The fraction of sp³-hybridized carbons (Fsp3) is 0.167. The molecule has 3 aromatic heterocycles. The molecule has 0 saturated heterocycles. The van der Waals surface area contributed by atoms with Gasteiger partial charge in [0.25, 0.3) is 0 Å². The van der Waals surface area contributed by atoms with Gasteiger partial charge in [0, 0.05) is 11.1 Å². The number of hydrogen-bond donors (Lipinski definition) is 1. The van der Waals surface area contributed by atoms with Crippen molar-refractivity contribution in [2.45, 2.75) is 18.3 Å². The molecule has 3 heterocycles. The molecule has 0 bridgehead atoms. The number of nitrogens with zero attached hydrogens (tertiary/aromatic N) is 2. The zero-order valence-electron chi connectivity index (χ0n) is 13.4. The summed E-state index contributed by atoms with van der Waals surface area (Å²) in [5.74, 6) is 0.976. The zero-order chi connectivity index (χ0) is 17.7. The Morgan fingerprint density at radius 2 is 2.12 bits per heavy atom. The molecule has 1 aromatic carbocycles. The Bertz CT molecular complexity index is 1110. The number of halogens is 1. The largest absolute Gasteiger partial charge is 0.461 e. The number of nitrogens with one attached hydrogen (secondary N) is 1. The molecule has 130 valence electrons. The third kappa shape index (κ3) is 2.51. The van der Waals surface area contributed by atoms with Crippen molar-refractivity contribution in [2.75, 3.05) is 5.32 Å². The fourth-order valence-corrected chi connectivity index (χ4v) is 4.07. The van der Waals surface area contributed by atoms with E-state index in [9.17, 15) is 4.79 Å². The van der Waals surface area contributed by atoms with Crippen molar-refractivity contribution in [3.05, 3.63) is 53.4 Å². The van der Waals surface area contributed by atoms with Crippen LogP contribution in [-0.4, -0.2) is 16.0 Å². The van der Waals surface area contributed by atoms with Gasteiger partial charge in [-0.25, -0.2) is 4.98 Å². The van der Waals surface area contributed by atoms with Crippen LogP contribution in [0, 0.1) is 0 Å². The summed E-state index contributed by atoms with van der Waals surface area (Å²) in [4.78, 5) is 17.3. The summed E-state index contributed by atoms with van der Waals surface area (Å²) in [7, 11) is 0. The van der Waals surface area contributed by atoms with Gasteiger partial charge in [-0.15, -0.1) is 0 Å². The Morgan fingerprint density at radius 1 is 1.23 bits per heavy atom. The second-order valence-electron chi connectivity index (χ2n) is 6.22. The lowest BCUT2D eigenvalue weighted by Gasteiger charge is -2.10. The lowest BCUT2D eigenvalue weighted by atomic mass is 10.0. The Labute approximate surface area is 156 Å². The summed E-state index contributed by atoms with van der Waals surface area (Å²) < 4.78 is 11.6. The highest BCUT2D eigenvalue weighted by molar-refractivity contribution is 7.22. The predicted octanol–water partition coefficient (Wildman–Crippen LogP) is 4.87. The van der Waals surface area contributed by atoms with Crippen molar-refractivity contribution < 1.29 is 13.7 Å².